The minimum absolute atomic E-state index is 0.387. The highest BCUT2D eigenvalue weighted by molar-refractivity contribution is 5.82. The zero-order valence-corrected chi connectivity index (χ0v) is 18.6. The van der Waals surface area contributed by atoms with Crippen molar-refractivity contribution < 1.29 is 13.9 Å². The van der Waals surface area contributed by atoms with E-state index in [4.69, 9.17) is 9.15 Å². The van der Waals surface area contributed by atoms with Gasteiger partial charge in [0.2, 0.25) is 0 Å². The Morgan fingerprint density at radius 1 is 1.00 bits per heavy atom. The highest BCUT2D eigenvalue weighted by Crippen LogP contribution is 2.31. The predicted molar refractivity (Wildman–Crippen MR) is 123 cm³/mol. The monoisotopic (exact) mass is 408 g/mol. The summed E-state index contributed by atoms with van der Waals surface area (Å²) in [5.41, 5.74) is 6.01. The van der Waals surface area contributed by atoms with Crippen LogP contribution in [0.3, 0.4) is 0 Å². The van der Waals surface area contributed by atoms with Crippen molar-refractivity contribution in [3.05, 3.63) is 59.9 Å². The third kappa shape index (κ3) is 5.56. The largest absolute Gasteiger partial charge is 0.464 e. The maximum atomic E-state index is 10.5. The van der Waals surface area contributed by atoms with Crippen LogP contribution in [0.2, 0.25) is 0 Å². The van der Waals surface area contributed by atoms with Crippen LogP contribution in [0, 0.1) is 0 Å². The molecule has 0 unspecified atom stereocenters. The van der Waals surface area contributed by atoms with Crippen molar-refractivity contribution in [3.63, 3.8) is 0 Å². The zero-order chi connectivity index (χ0) is 21.7. The van der Waals surface area contributed by atoms with E-state index in [1.54, 1.807) is 6.26 Å². The Balaban J connectivity index is 0.000000244. The van der Waals surface area contributed by atoms with E-state index in [1.807, 2.05) is 26.8 Å². The van der Waals surface area contributed by atoms with E-state index < -0.39 is 0 Å². The standard InChI is InChI=1S/C19H19NO.C6H13NO2/c1-20(18-9-7-15-10-11-21-19(15)13-18)17-8-6-14-4-2-3-5-16(14)12-17;1-6(2,3)9-5(8)7-4/h6-13H,2-5H2,1H3;1-4H3,(H,7,8). The van der Waals surface area contributed by atoms with Crippen LogP contribution in [0.25, 0.3) is 11.0 Å². The number of carbonyl (C=O) groups excluding carboxylic acids is 1. The van der Waals surface area contributed by atoms with Crippen molar-refractivity contribution in [1.82, 2.24) is 5.32 Å². The topological polar surface area (TPSA) is 54.7 Å². The Bertz CT molecular complexity index is 1000. The smallest absolute Gasteiger partial charge is 0.407 e. The van der Waals surface area contributed by atoms with Gasteiger partial charge in [0, 0.05) is 36.9 Å². The number of alkyl carbamates (subject to hydrolysis) is 1. The number of amides is 1. The molecule has 0 bridgehead atoms. The molecule has 30 heavy (non-hydrogen) atoms. The summed E-state index contributed by atoms with van der Waals surface area (Å²) < 4.78 is 10.3. The van der Waals surface area contributed by atoms with Gasteiger partial charge in [-0.25, -0.2) is 4.79 Å². The quantitative estimate of drug-likeness (QED) is 0.547. The molecule has 2 aromatic carbocycles. The summed E-state index contributed by atoms with van der Waals surface area (Å²) in [6.45, 7) is 5.46. The summed E-state index contributed by atoms with van der Waals surface area (Å²) in [6, 6.07) is 15.2. The van der Waals surface area contributed by atoms with Gasteiger partial charge >= 0.3 is 6.09 Å². The molecule has 1 aliphatic rings. The Hall–Kier alpha value is -2.95. The van der Waals surface area contributed by atoms with Gasteiger partial charge in [0.15, 0.2) is 0 Å². The molecule has 1 heterocycles. The lowest BCUT2D eigenvalue weighted by atomic mass is 9.91. The molecule has 1 amide bonds. The molecule has 0 saturated carbocycles. The minimum atomic E-state index is -0.389. The molecule has 0 radical (unpaired) electrons. The number of carbonyl (C=O) groups is 1. The molecule has 4 rings (SSSR count). The number of aryl methyl sites for hydroxylation is 2. The summed E-state index contributed by atoms with van der Waals surface area (Å²) in [5.74, 6) is 0. The molecular weight excluding hydrogens is 376 g/mol. The highest BCUT2D eigenvalue weighted by Gasteiger charge is 2.14. The van der Waals surface area contributed by atoms with Gasteiger partial charge in [-0.05, 0) is 87.9 Å². The fraction of sp³-hybridized carbons (Fsp3) is 0.400. The normalized spacial score (nSPS) is 13.1. The highest BCUT2D eigenvalue weighted by atomic mass is 16.6. The number of nitrogens with zero attached hydrogens (tertiary/aromatic N) is 1. The first-order chi connectivity index (χ1) is 14.3. The van der Waals surface area contributed by atoms with Crippen molar-refractivity contribution >= 4 is 28.4 Å². The lowest BCUT2D eigenvalue weighted by Crippen LogP contribution is -2.30. The number of fused-ring (bicyclic) bond motifs is 2. The Morgan fingerprint density at radius 2 is 1.67 bits per heavy atom. The molecule has 0 aliphatic heterocycles. The predicted octanol–water partition coefficient (Wildman–Crippen LogP) is 6.22. The van der Waals surface area contributed by atoms with E-state index >= 15 is 0 Å². The first-order valence-electron chi connectivity index (χ1n) is 10.5. The maximum Gasteiger partial charge on any atom is 0.407 e. The lowest BCUT2D eigenvalue weighted by molar-refractivity contribution is 0.0541. The van der Waals surface area contributed by atoms with Crippen LogP contribution in [0.5, 0.6) is 0 Å². The molecule has 160 valence electrons. The van der Waals surface area contributed by atoms with E-state index in [1.165, 1.54) is 49.5 Å². The molecule has 5 heteroatoms. The number of hydrogen-bond acceptors (Lipinski definition) is 4. The average molecular weight is 409 g/mol. The van der Waals surface area contributed by atoms with Crippen LogP contribution >= 0.6 is 0 Å². The average Bonchev–Trinajstić information content (AvgIpc) is 3.20. The van der Waals surface area contributed by atoms with E-state index in [9.17, 15) is 4.79 Å². The number of hydrogen-bond donors (Lipinski definition) is 1. The van der Waals surface area contributed by atoms with Gasteiger partial charge in [0.1, 0.15) is 11.2 Å². The molecular formula is C25H32N2O3. The third-order valence-corrected chi connectivity index (χ3v) is 5.15. The summed E-state index contributed by atoms with van der Waals surface area (Å²) >= 11 is 0. The number of furan rings is 1. The minimum Gasteiger partial charge on any atom is -0.464 e. The molecule has 1 N–H and O–H groups in total. The molecule has 1 aromatic heterocycles. The van der Waals surface area contributed by atoms with E-state index in [-0.39, 0.29) is 11.7 Å². The van der Waals surface area contributed by atoms with E-state index in [0.29, 0.717) is 0 Å². The van der Waals surface area contributed by atoms with Crippen LogP contribution in [0.1, 0.15) is 44.7 Å². The van der Waals surface area contributed by atoms with Gasteiger partial charge in [-0.15, -0.1) is 0 Å². The van der Waals surface area contributed by atoms with Crippen molar-refractivity contribution in [1.29, 1.82) is 0 Å². The van der Waals surface area contributed by atoms with Gasteiger partial charge in [-0.2, -0.15) is 0 Å². The number of ether oxygens (including phenoxy) is 1. The second-order valence-corrected chi connectivity index (χ2v) is 8.61. The van der Waals surface area contributed by atoms with Gasteiger partial charge in [0.25, 0.3) is 0 Å². The Morgan fingerprint density at radius 3 is 2.33 bits per heavy atom. The van der Waals surface area contributed by atoms with Crippen molar-refractivity contribution in [3.8, 4) is 0 Å². The number of nitrogens with one attached hydrogen (secondary N) is 1. The van der Waals surface area contributed by atoms with E-state index in [2.05, 4.69) is 53.7 Å². The van der Waals surface area contributed by atoms with E-state index in [0.717, 1.165) is 16.7 Å². The second kappa shape index (κ2) is 9.24. The Kier molecular flexibility index (Phi) is 6.70. The summed E-state index contributed by atoms with van der Waals surface area (Å²) in [7, 11) is 3.66. The fourth-order valence-corrected chi connectivity index (χ4v) is 3.56. The fourth-order valence-electron chi connectivity index (χ4n) is 3.56. The van der Waals surface area contributed by atoms with Crippen LogP contribution in [0.4, 0.5) is 16.2 Å². The van der Waals surface area contributed by atoms with Crippen LogP contribution in [0.15, 0.2) is 53.1 Å². The summed E-state index contributed by atoms with van der Waals surface area (Å²) in [4.78, 5) is 12.7. The van der Waals surface area contributed by atoms with Crippen molar-refractivity contribution in [2.45, 2.75) is 52.1 Å². The first-order valence-corrected chi connectivity index (χ1v) is 10.5. The summed E-state index contributed by atoms with van der Waals surface area (Å²) in [6.07, 6.45) is 6.46. The van der Waals surface area contributed by atoms with Crippen LogP contribution < -0.4 is 10.2 Å². The number of rotatable bonds is 2. The SMILES string of the molecule is CN(c1ccc2c(c1)CCCC2)c1ccc2ccoc2c1.CNC(=O)OC(C)(C)C. The Labute approximate surface area is 179 Å². The van der Waals surface area contributed by atoms with Crippen molar-refractivity contribution in [2.75, 3.05) is 19.0 Å². The van der Waals surface area contributed by atoms with Crippen LogP contribution in [-0.2, 0) is 17.6 Å². The second-order valence-electron chi connectivity index (χ2n) is 8.61. The van der Waals surface area contributed by atoms with Crippen molar-refractivity contribution in [2.24, 2.45) is 0 Å². The first kappa shape index (κ1) is 21.8. The van der Waals surface area contributed by atoms with Gasteiger partial charge in [-0.3, -0.25) is 0 Å². The van der Waals surface area contributed by atoms with Gasteiger partial charge in [-0.1, -0.05) is 6.07 Å². The molecule has 0 fully saturated rings. The lowest BCUT2D eigenvalue weighted by Gasteiger charge is -2.23. The molecule has 5 nitrogen and oxygen atoms in total. The molecule has 0 atom stereocenters. The van der Waals surface area contributed by atoms with Gasteiger partial charge < -0.3 is 19.4 Å². The third-order valence-electron chi connectivity index (χ3n) is 5.15. The molecule has 0 saturated heterocycles. The van der Waals surface area contributed by atoms with Gasteiger partial charge in [0.05, 0.1) is 6.26 Å². The molecule has 1 aliphatic carbocycles. The molecule has 3 aromatic rings. The zero-order valence-electron chi connectivity index (χ0n) is 18.6. The summed E-state index contributed by atoms with van der Waals surface area (Å²) in [5, 5.41) is 3.51. The maximum absolute atomic E-state index is 10.5. The van der Waals surface area contributed by atoms with Crippen LogP contribution in [-0.4, -0.2) is 25.8 Å². The molecule has 0 spiro atoms. The number of benzene rings is 2. The number of anilines is 2.